The minimum absolute atomic E-state index is 0.293. The summed E-state index contributed by atoms with van der Waals surface area (Å²) in [6, 6.07) is 8.44. The number of rotatable bonds is 5. The molecule has 0 radical (unpaired) electrons. The highest BCUT2D eigenvalue weighted by Gasteiger charge is 2.24. The van der Waals surface area contributed by atoms with Gasteiger partial charge in [0.1, 0.15) is 5.82 Å². The number of carboxylic acid groups (broad SMARTS) is 1. The van der Waals surface area contributed by atoms with Crippen LogP contribution in [-0.4, -0.2) is 36.9 Å². The van der Waals surface area contributed by atoms with Crippen LogP contribution in [0.5, 0.6) is 0 Å². The van der Waals surface area contributed by atoms with E-state index in [-0.39, 0.29) is 0 Å². The molecule has 0 amide bonds. The van der Waals surface area contributed by atoms with Crippen LogP contribution in [0.4, 0.5) is 5.82 Å². The zero-order valence-corrected chi connectivity index (χ0v) is 16.5. The lowest BCUT2D eigenvalue weighted by atomic mass is 9.77. The van der Waals surface area contributed by atoms with E-state index in [1.165, 1.54) is 17.3 Å². The second-order valence-corrected chi connectivity index (χ2v) is 8.08. The van der Waals surface area contributed by atoms with Crippen LogP contribution in [0, 0.1) is 5.92 Å². The summed E-state index contributed by atoms with van der Waals surface area (Å²) >= 11 is 1.45. The van der Waals surface area contributed by atoms with Gasteiger partial charge in [-0.05, 0) is 54.9 Å². The van der Waals surface area contributed by atoms with Gasteiger partial charge in [0.25, 0.3) is 5.78 Å². The third-order valence-corrected chi connectivity index (χ3v) is 6.11. The monoisotopic (exact) mass is 397 g/mol. The molecular weight excluding hydrogens is 374 g/mol. The summed E-state index contributed by atoms with van der Waals surface area (Å²) in [4.78, 5) is 19.6. The van der Waals surface area contributed by atoms with Crippen molar-refractivity contribution in [3.63, 3.8) is 0 Å². The molecule has 0 aliphatic heterocycles. The highest BCUT2D eigenvalue weighted by atomic mass is 32.2. The molecule has 8 heteroatoms. The standard InChI is InChI=1S/C20H23N5O2S/c1-28-20-23-19-22-11-16(18(21)25(19)24-20)15-8-6-14(7-9-15)13-4-2-12(3-5-13)10-17(26)27/h6-9,11-13H,2-5,10,21H2,1H3,(H,26,27). The molecule has 2 heterocycles. The lowest BCUT2D eigenvalue weighted by Crippen LogP contribution is -2.16. The lowest BCUT2D eigenvalue weighted by Gasteiger charge is -2.28. The van der Waals surface area contributed by atoms with E-state index in [0.717, 1.165) is 36.8 Å². The number of anilines is 1. The quantitative estimate of drug-likeness (QED) is 0.630. The largest absolute Gasteiger partial charge is 0.481 e. The SMILES string of the molecule is CSc1nc2ncc(-c3ccc(C4CCC(CC(=O)O)CC4)cc3)c(N)n2n1. The first-order chi connectivity index (χ1) is 13.5. The Morgan fingerprint density at radius 2 is 1.96 bits per heavy atom. The van der Waals surface area contributed by atoms with Crippen LogP contribution in [0.1, 0.15) is 43.6 Å². The van der Waals surface area contributed by atoms with E-state index in [1.54, 1.807) is 10.7 Å². The number of aliphatic carboxylic acids is 1. The van der Waals surface area contributed by atoms with E-state index >= 15 is 0 Å². The first-order valence-electron chi connectivity index (χ1n) is 9.42. The Balaban J connectivity index is 1.52. The van der Waals surface area contributed by atoms with Crippen LogP contribution < -0.4 is 5.73 Å². The molecule has 146 valence electrons. The highest BCUT2D eigenvalue weighted by molar-refractivity contribution is 7.98. The van der Waals surface area contributed by atoms with Crippen molar-refractivity contribution in [1.82, 2.24) is 19.6 Å². The molecule has 1 aromatic carbocycles. The van der Waals surface area contributed by atoms with Crippen molar-refractivity contribution in [2.75, 3.05) is 12.0 Å². The number of nitrogen functional groups attached to an aromatic ring is 1. The Morgan fingerprint density at radius 1 is 1.25 bits per heavy atom. The van der Waals surface area contributed by atoms with E-state index in [0.29, 0.717) is 35.0 Å². The zero-order valence-electron chi connectivity index (χ0n) is 15.7. The summed E-state index contributed by atoms with van der Waals surface area (Å²) in [6.07, 6.45) is 8.01. The number of hydrogen-bond donors (Lipinski definition) is 2. The van der Waals surface area contributed by atoms with Crippen molar-refractivity contribution < 1.29 is 9.90 Å². The fourth-order valence-electron chi connectivity index (χ4n) is 4.02. The molecule has 1 aliphatic rings. The molecule has 7 nitrogen and oxygen atoms in total. The number of hydrogen-bond acceptors (Lipinski definition) is 6. The third-order valence-electron chi connectivity index (χ3n) is 5.57. The molecule has 3 N–H and O–H groups in total. The van der Waals surface area contributed by atoms with Gasteiger partial charge in [0, 0.05) is 18.2 Å². The summed E-state index contributed by atoms with van der Waals surface area (Å²) in [5, 5.41) is 14.0. The Morgan fingerprint density at radius 3 is 2.61 bits per heavy atom. The molecule has 0 spiro atoms. The normalized spacial score (nSPS) is 19.8. The Labute approximate surface area is 167 Å². The predicted octanol–water partition coefficient (Wildman–Crippen LogP) is 3.84. The fraction of sp³-hybridized carbons (Fsp3) is 0.400. The van der Waals surface area contributed by atoms with Crippen molar-refractivity contribution in [3.05, 3.63) is 36.0 Å². The average Bonchev–Trinajstić information content (AvgIpc) is 3.13. The number of nitrogens with two attached hydrogens (primary N) is 1. The molecule has 4 rings (SSSR count). The van der Waals surface area contributed by atoms with Crippen LogP contribution in [0.2, 0.25) is 0 Å². The molecule has 28 heavy (non-hydrogen) atoms. The maximum Gasteiger partial charge on any atom is 0.303 e. The van der Waals surface area contributed by atoms with Crippen LogP contribution in [0.25, 0.3) is 16.9 Å². The number of carboxylic acids is 1. The van der Waals surface area contributed by atoms with Gasteiger partial charge < -0.3 is 10.8 Å². The van der Waals surface area contributed by atoms with E-state index < -0.39 is 5.97 Å². The van der Waals surface area contributed by atoms with Gasteiger partial charge in [-0.15, -0.1) is 5.10 Å². The minimum Gasteiger partial charge on any atom is -0.481 e. The third kappa shape index (κ3) is 3.69. The summed E-state index contributed by atoms with van der Waals surface area (Å²) in [5.74, 6) is 1.16. The molecule has 3 aromatic rings. The number of nitrogens with zero attached hydrogens (tertiary/aromatic N) is 4. The Kier molecular flexibility index (Phi) is 5.21. The molecule has 0 saturated heterocycles. The predicted molar refractivity (Wildman–Crippen MR) is 109 cm³/mol. The molecule has 1 saturated carbocycles. The molecule has 1 aliphatic carbocycles. The first kappa shape index (κ1) is 18.7. The van der Waals surface area contributed by atoms with Crippen molar-refractivity contribution in [1.29, 1.82) is 0 Å². The molecule has 2 aromatic heterocycles. The maximum absolute atomic E-state index is 10.9. The van der Waals surface area contributed by atoms with E-state index in [2.05, 4.69) is 39.3 Å². The topological polar surface area (TPSA) is 106 Å². The first-order valence-corrected chi connectivity index (χ1v) is 10.6. The van der Waals surface area contributed by atoms with Crippen LogP contribution in [0.15, 0.2) is 35.6 Å². The van der Waals surface area contributed by atoms with Gasteiger partial charge in [0.2, 0.25) is 5.16 Å². The second kappa shape index (κ2) is 7.79. The van der Waals surface area contributed by atoms with Crippen LogP contribution in [0.3, 0.4) is 0 Å². The lowest BCUT2D eigenvalue weighted by molar-refractivity contribution is -0.138. The van der Waals surface area contributed by atoms with Gasteiger partial charge in [-0.2, -0.15) is 9.50 Å². The van der Waals surface area contributed by atoms with E-state index in [1.807, 2.05) is 6.26 Å². The number of aromatic nitrogens is 4. The average molecular weight is 398 g/mol. The fourth-order valence-corrected chi connectivity index (χ4v) is 4.36. The number of fused-ring (bicyclic) bond motifs is 1. The zero-order chi connectivity index (χ0) is 19.7. The Bertz CT molecular complexity index is 994. The molecule has 0 bridgehead atoms. The summed E-state index contributed by atoms with van der Waals surface area (Å²) < 4.78 is 1.58. The van der Waals surface area contributed by atoms with Crippen molar-refractivity contribution in [2.45, 2.75) is 43.2 Å². The summed E-state index contributed by atoms with van der Waals surface area (Å²) in [5.41, 5.74) is 9.45. The summed E-state index contributed by atoms with van der Waals surface area (Å²) in [7, 11) is 0. The molecular formula is C20H23N5O2S. The number of carbonyl (C=O) groups is 1. The van der Waals surface area contributed by atoms with E-state index in [4.69, 9.17) is 10.8 Å². The van der Waals surface area contributed by atoms with Crippen LogP contribution >= 0.6 is 11.8 Å². The van der Waals surface area contributed by atoms with Crippen molar-refractivity contribution in [3.8, 4) is 11.1 Å². The highest BCUT2D eigenvalue weighted by Crippen LogP contribution is 2.38. The number of benzene rings is 1. The van der Waals surface area contributed by atoms with Crippen molar-refractivity contribution in [2.24, 2.45) is 5.92 Å². The molecule has 0 unspecified atom stereocenters. The van der Waals surface area contributed by atoms with Gasteiger partial charge >= 0.3 is 5.97 Å². The van der Waals surface area contributed by atoms with Gasteiger partial charge in [-0.25, -0.2) is 4.98 Å². The van der Waals surface area contributed by atoms with Gasteiger partial charge in [0.15, 0.2) is 0 Å². The van der Waals surface area contributed by atoms with E-state index in [9.17, 15) is 4.79 Å². The van der Waals surface area contributed by atoms with Gasteiger partial charge in [0.05, 0.1) is 0 Å². The maximum atomic E-state index is 10.9. The van der Waals surface area contributed by atoms with Gasteiger partial charge in [-0.1, -0.05) is 36.0 Å². The number of thioether (sulfide) groups is 1. The minimum atomic E-state index is -0.687. The summed E-state index contributed by atoms with van der Waals surface area (Å²) in [6.45, 7) is 0. The van der Waals surface area contributed by atoms with Gasteiger partial charge in [-0.3, -0.25) is 4.79 Å². The molecule has 0 atom stereocenters. The molecule has 1 fully saturated rings. The van der Waals surface area contributed by atoms with Crippen LogP contribution in [-0.2, 0) is 4.79 Å². The Hall–Kier alpha value is -2.61. The van der Waals surface area contributed by atoms with Crippen molar-refractivity contribution >= 4 is 29.3 Å². The smallest absolute Gasteiger partial charge is 0.303 e. The second-order valence-electron chi connectivity index (χ2n) is 7.30.